The van der Waals surface area contributed by atoms with Gasteiger partial charge in [-0.05, 0) is 52.2 Å². The van der Waals surface area contributed by atoms with Crippen LogP contribution in [0.5, 0.6) is 11.5 Å². The summed E-state index contributed by atoms with van der Waals surface area (Å²) in [6.45, 7) is 13.5. The van der Waals surface area contributed by atoms with Crippen molar-refractivity contribution in [2.24, 2.45) is 5.92 Å². The van der Waals surface area contributed by atoms with Crippen LogP contribution in [0.1, 0.15) is 48.0 Å². The van der Waals surface area contributed by atoms with Crippen LogP contribution >= 0.6 is 0 Å². The van der Waals surface area contributed by atoms with Gasteiger partial charge in [-0.15, -0.1) is 0 Å². The quantitative estimate of drug-likeness (QED) is 0.747. The Morgan fingerprint density at radius 1 is 0.900 bits per heavy atom. The first-order chi connectivity index (χ1) is 9.38. The van der Waals surface area contributed by atoms with Gasteiger partial charge in [-0.2, -0.15) is 0 Å². The van der Waals surface area contributed by atoms with Crippen LogP contribution in [0.2, 0.25) is 0 Å². The Labute approximate surface area is 123 Å². The van der Waals surface area contributed by atoms with Crippen LogP contribution < -0.4 is 14.8 Å². The fourth-order valence-corrected chi connectivity index (χ4v) is 1.82. The molecule has 0 spiro atoms. The third-order valence-electron chi connectivity index (χ3n) is 2.72. The van der Waals surface area contributed by atoms with E-state index < -0.39 is 0 Å². The van der Waals surface area contributed by atoms with E-state index >= 15 is 0 Å². The molecule has 0 bridgehead atoms. The van der Waals surface area contributed by atoms with E-state index in [1.165, 1.54) is 0 Å². The predicted octanol–water partition coefficient (Wildman–Crippen LogP) is 4.72. The Kier molecular flexibility index (Phi) is 6.69. The lowest BCUT2D eigenvalue weighted by Crippen LogP contribution is -2.11. The Balaban J connectivity index is 2.78. The molecule has 3 nitrogen and oxygen atoms in total. The van der Waals surface area contributed by atoms with Gasteiger partial charge in [0.15, 0.2) is 11.5 Å². The van der Waals surface area contributed by atoms with Crippen LogP contribution in [0.3, 0.4) is 0 Å². The molecule has 0 aliphatic rings. The molecule has 0 aliphatic carbocycles. The van der Waals surface area contributed by atoms with Crippen molar-refractivity contribution in [3.8, 4) is 11.5 Å². The zero-order valence-corrected chi connectivity index (χ0v) is 13.7. The summed E-state index contributed by atoms with van der Waals surface area (Å²) in [5.74, 6) is 2.32. The van der Waals surface area contributed by atoms with E-state index in [0.717, 1.165) is 30.2 Å². The van der Waals surface area contributed by atoms with E-state index in [4.69, 9.17) is 9.47 Å². The molecule has 114 valence electrons. The highest BCUT2D eigenvalue weighted by Gasteiger charge is 2.10. The normalized spacial score (nSPS) is 11.2. The number of rotatable bonds is 8. The summed E-state index contributed by atoms with van der Waals surface area (Å²) >= 11 is 0. The Hall–Kier alpha value is -1.38. The number of hydrogen-bond donors (Lipinski definition) is 1. The second kappa shape index (κ2) is 8.03. The molecule has 0 heterocycles. The van der Waals surface area contributed by atoms with Gasteiger partial charge in [0.2, 0.25) is 0 Å². The lowest BCUT2D eigenvalue weighted by atomic mass is 10.1. The zero-order valence-electron chi connectivity index (χ0n) is 13.7. The lowest BCUT2D eigenvalue weighted by molar-refractivity contribution is 0.199. The van der Waals surface area contributed by atoms with Crippen molar-refractivity contribution in [3.05, 3.63) is 18.2 Å². The van der Waals surface area contributed by atoms with Gasteiger partial charge in [0.05, 0.1) is 12.2 Å². The van der Waals surface area contributed by atoms with Crippen LogP contribution in [0.15, 0.2) is 18.2 Å². The molecular weight excluding hydrogens is 250 g/mol. The molecule has 0 aliphatic heterocycles. The molecule has 20 heavy (non-hydrogen) atoms. The molecule has 1 aromatic rings. The molecule has 0 radical (unpaired) electrons. The first kappa shape index (κ1) is 16.7. The molecule has 0 saturated carbocycles. The molecule has 0 aromatic heterocycles. The van der Waals surface area contributed by atoms with E-state index in [9.17, 15) is 0 Å². The van der Waals surface area contributed by atoms with Gasteiger partial charge < -0.3 is 14.8 Å². The second-order valence-electron chi connectivity index (χ2n) is 6.10. The van der Waals surface area contributed by atoms with Crippen LogP contribution in [0.25, 0.3) is 0 Å². The molecule has 0 saturated heterocycles. The first-order valence-corrected chi connectivity index (χ1v) is 7.59. The summed E-state index contributed by atoms with van der Waals surface area (Å²) in [4.78, 5) is 0. The van der Waals surface area contributed by atoms with E-state index in [1.807, 2.05) is 45.9 Å². The van der Waals surface area contributed by atoms with E-state index in [0.29, 0.717) is 5.92 Å². The number of anilines is 1. The highest BCUT2D eigenvalue weighted by molar-refractivity contribution is 5.54. The molecule has 3 heteroatoms. The smallest absolute Gasteiger partial charge is 0.163 e. The summed E-state index contributed by atoms with van der Waals surface area (Å²) in [5.41, 5.74) is 1.08. The average molecular weight is 279 g/mol. The topological polar surface area (TPSA) is 30.5 Å². The van der Waals surface area contributed by atoms with Gasteiger partial charge in [-0.3, -0.25) is 0 Å². The fraction of sp³-hybridized carbons (Fsp3) is 0.647. The van der Waals surface area contributed by atoms with Crippen molar-refractivity contribution < 1.29 is 9.47 Å². The van der Waals surface area contributed by atoms with E-state index in [2.05, 4.69) is 19.2 Å². The zero-order chi connectivity index (χ0) is 15.1. The van der Waals surface area contributed by atoms with Gasteiger partial charge >= 0.3 is 0 Å². The minimum absolute atomic E-state index is 0.135. The molecule has 1 rings (SSSR count). The third-order valence-corrected chi connectivity index (χ3v) is 2.72. The van der Waals surface area contributed by atoms with Gasteiger partial charge in [0.25, 0.3) is 0 Å². The van der Waals surface area contributed by atoms with Gasteiger partial charge in [0, 0.05) is 18.3 Å². The standard InChI is InChI=1S/C17H29NO2/c1-12(2)9-10-18-15-7-8-16(19-13(3)4)17(11-15)20-14(5)6/h7-8,11-14,18H,9-10H2,1-6H3. The number of nitrogens with one attached hydrogen (secondary N) is 1. The lowest BCUT2D eigenvalue weighted by Gasteiger charge is -2.18. The van der Waals surface area contributed by atoms with Gasteiger partial charge in [-0.25, -0.2) is 0 Å². The molecular formula is C17H29NO2. The summed E-state index contributed by atoms with van der Waals surface area (Å²) in [6.07, 6.45) is 1.43. The highest BCUT2D eigenvalue weighted by atomic mass is 16.5. The van der Waals surface area contributed by atoms with E-state index in [1.54, 1.807) is 0 Å². The van der Waals surface area contributed by atoms with Crippen molar-refractivity contribution in [2.45, 2.75) is 60.2 Å². The summed E-state index contributed by atoms with van der Waals surface area (Å²) in [6, 6.07) is 6.05. The maximum atomic E-state index is 5.85. The number of benzene rings is 1. The summed E-state index contributed by atoms with van der Waals surface area (Å²) in [7, 11) is 0. The number of ether oxygens (including phenoxy) is 2. The fourth-order valence-electron chi connectivity index (χ4n) is 1.82. The first-order valence-electron chi connectivity index (χ1n) is 7.59. The molecule has 1 aromatic carbocycles. The monoisotopic (exact) mass is 279 g/mol. The second-order valence-corrected chi connectivity index (χ2v) is 6.10. The average Bonchev–Trinajstić information content (AvgIpc) is 2.30. The molecule has 0 amide bonds. The van der Waals surface area contributed by atoms with Crippen molar-refractivity contribution >= 4 is 5.69 Å². The Morgan fingerprint density at radius 2 is 1.50 bits per heavy atom. The van der Waals surface area contributed by atoms with Gasteiger partial charge in [-0.1, -0.05) is 13.8 Å². The van der Waals surface area contributed by atoms with Crippen molar-refractivity contribution in [1.29, 1.82) is 0 Å². The molecule has 1 N–H and O–H groups in total. The molecule has 0 unspecified atom stereocenters. The maximum absolute atomic E-state index is 5.85. The van der Waals surface area contributed by atoms with Crippen molar-refractivity contribution in [1.82, 2.24) is 0 Å². The van der Waals surface area contributed by atoms with Crippen LogP contribution in [-0.4, -0.2) is 18.8 Å². The molecule has 0 atom stereocenters. The van der Waals surface area contributed by atoms with Crippen LogP contribution in [0.4, 0.5) is 5.69 Å². The predicted molar refractivity (Wildman–Crippen MR) is 85.9 cm³/mol. The highest BCUT2D eigenvalue weighted by Crippen LogP contribution is 2.32. The van der Waals surface area contributed by atoms with Gasteiger partial charge in [0.1, 0.15) is 0 Å². The van der Waals surface area contributed by atoms with Crippen molar-refractivity contribution in [3.63, 3.8) is 0 Å². The van der Waals surface area contributed by atoms with E-state index in [-0.39, 0.29) is 12.2 Å². The third kappa shape index (κ3) is 6.18. The maximum Gasteiger partial charge on any atom is 0.163 e. The Morgan fingerprint density at radius 3 is 2.05 bits per heavy atom. The summed E-state index contributed by atoms with van der Waals surface area (Å²) in [5, 5.41) is 3.43. The summed E-state index contributed by atoms with van der Waals surface area (Å²) < 4.78 is 11.6. The Bertz CT molecular complexity index is 400. The minimum Gasteiger partial charge on any atom is -0.487 e. The number of hydrogen-bond acceptors (Lipinski definition) is 3. The minimum atomic E-state index is 0.135. The van der Waals surface area contributed by atoms with Crippen molar-refractivity contribution in [2.75, 3.05) is 11.9 Å². The molecule has 0 fully saturated rings. The SMILES string of the molecule is CC(C)CCNc1ccc(OC(C)C)c(OC(C)C)c1. The van der Waals surface area contributed by atoms with Crippen LogP contribution in [-0.2, 0) is 0 Å². The van der Waals surface area contributed by atoms with Crippen LogP contribution in [0, 0.1) is 5.92 Å². The largest absolute Gasteiger partial charge is 0.487 e.